The predicted octanol–water partition coefficient (Wildman–Crippen LogP) is 3.10. The summed E-state index contributed by atoms with van der Waals surface area (Å²) in [7, 11) is 4.63. The number of carbonyl (C=O) groups excluding carboxylic acids is 1. The molecule has 1 aliphatic rings. The molecular weight excluding hydrogens is 334 g/mol. The van der Waals surface area contributed by atoms with Gasteiger partial charge in [0.25, 0.3) is 5.91 Å². The van der Waals surface area contributed by atoms with Crippen LogP contribution in [-0.2, 0) is 4.79 Å². The van der Waals surface area contributed by atoms with Crippen molar-refractivity contribution in [2.45, 2.75) is 0 Å². The molecule has 2 rings (SSSR count). The zero-order chi connectivity index (χ0) is 17.0. The first-order valence-corrected chi connectivity index (χ1v) is 7.94. The van der Waals surface area contributed by atoms with Crippen LogP contribution in [0, 0.1) is 0 Å². The van der Waals surface area contributed by atoms with Crippen LogP contribution in [0.2, 0.25) is 0 Å². The standard InChI is InChI=1S/C16H17NO4S2/c1-5-6-17-15(18)13(23-16(17)22)9-10-7-11(19-2)14(21-4)12(8-10)20-3/h5,7-9H,1,6H2,2-4H3/b13-9-. The van der Waals surface area contributed by atoms with Crippen LogP contribution >= 0.6 is 24.0 Å². The normalized spacial score (nSPS) is 16.0. The minimum atomic E-state index is -0.131. The molecule has 1 fully saturated rings. The second kappa shape index (κ2) is 7.52. The van der Waals surface area contributed by atoms with E-state index in [9.17, 15) is 4.79 Å². The molecule has 0 atom stereocenters. The average molecular weight is 351 g/mol. The van der Waals surface area contributed by atoms with Crippen LogP contribution in [0.15, 0.2) is 29.7 Å². The van der Waals surface area contributed by atoms with Gasteiger partial charge in [-0.1, -0.05) is 30.1 Å². The molecule has 5 nitrogen and oxygen atoms in total. The van der Waals surface area contributed by atoms with Gasteiger partial charge in [0.1, 0.15) is 4.32 Å². The van der Waals surface area contributed by atoms with E-state index in [0.717, 1.165) is 5.56 Å². The van der Waals surface area contributed by atoms with Gasteiger partial charge in [0.2, 0.25) is 5.75 Å². The van der Waals surface area contributed by atoms with Crippen LogP contribution in [0.3, 0.4) is 0 Å². The molecule has 0 spiro atoms. The third-order valence-electron chi connectivity index (χ3n) is 3.17. The van der Waals surface area contributed by atoms with Gasteiger partial charge >= 0.3 is 0 Å². The number of hydrogen-bond acceptors (Lipinski definition) is 6. The van der Waals surface area contributed by atoms with Gasteiger partial charge in [-0.05, 0) is 23.8 Å². The van der Waals surface area contributed by atoms with E-state index in [-0.39, 0.29) is 5.91 Å². The number of benzene rings is 1. The number of rotatable bonds is 6. The lowest BCUT2D eigenvalue weighted by Crippen LogP contribution is -2.27. The van der Waals surface area contributed by atoms with Crippen molar-refractivity contribution in [3.05, 3.63) is 35.3 Å². The number of carbonyl (C=O) groups is 1. The number of amides is 1. The number of nitrogens with zero attached hydrogens (tertiary/aromatic N) is 1. The molecule has 122 valence electrons. The number of thiocarbonyl (C=S) groups is 1. The highest BCUT2D eigenvalue weighted by atomic mass is 32.2. The van der Waals surface area contributed by atoms with Gasteiger partial charge in [-0.25, -0.2) is 0 Å². The van der Waals surface area contributed by atoms with Gasteiger partial charge in [-0.15, -0.1) is 6.58 Å². The molecular formula is C16H17NO4S2. The fourth-order valence-corrected chi connectivity index (χ4v) is 3.40. The number of ether oxygens (including phenoxy) is 3. The van der Waals surface area contributed by atoms with Crippen molar-refractivity contribution < 1.29 is 19.0 Å². The van der Waals surface area contributed by atoms with Crippen LogP contribution in [0.4, 0.5) is 0 Å². The van der Waals surface area contributed by atoms with Crippen LogP contribution < -0.4 is 14.2 Å². The minimum Gasteiger partial charge on any atom is -0.493 e. The summed E-state index contributed by atoms with van der Waals surface area (Å²) in [6.07, 6.45) is 3.40. The molecule has 1 saturated heterocycles. The molecule has 0 bridgehead atoms. The smallest absolute Gasteiger partial charge is 0.266 e. The summed E-state index contributed by atoms with van der Waals surface area (Å²) in [5.41, 5.74) is 0.763. The molecule has 0 N–H and O–H groups in total. The van der Waals surface area contributed by atoms with Crippen molar-refractivity contribution in [3.8, 4) is 17.2 Å². The average Bonchev–Trinajstić information content (AvgIpc) is 2.81. The van der Waals surface area contributed by atoms with Crippen molar-refractivity contribution in [2.75, 3.05) is 27.9 Å². The van der Waals surface area contributed by atoms with Crippen molar-refractivity contribution in [1.29, 1.82) is 0 Å². The van der Waals surface area contributed by atoms with Gasteiger partial charge in [0.05, 0.1) is 26.2 Å². The van der Waals surface area contributed by atoms with E-state index in [1.54, 1.807) is 45.6 Å². The molecule has 0 aromatic heterocycles. The summed E-state index contributed by atoms with van der Waals surface area (Å²) in [6, 6.07) is 3.56. The van der Waals surface area contributed by atoms with E-state index in [1.807, 2.05) is 0 Å². The molecule has 1 aliphatic heterocycles. The number of methoxy groups -OCH3 is 3. The highest BCUT2D eigenvalue weighted by molar-refractivity contribution is 8.26. The Bertz CT molecular complexity index is 660. The molecule has 0 radical (unpaired) electrons. The molecule has 0 saturated carbocycles. The predicted molar refractivity (Wildman–Crippen MR) is 96.2 cm³/mol. The topological polar surface area (TPSA) is 48.0 Å². The van der Waals surface area contributed by atoms with E-state index in [2.05, 4.69) is 6.58 Å². The quantitative estimate of drug-likeness (QED) is 0.446. The maximum Gasteiger partial charge on any atom is 0.266 e. The third-order valence-corrected chi connectivity index (χ3v) is 4.55. The fourth-order valence-electron chi connectivity index (χ4n) is 2.12. The van der Waals surface area contributed by atoms with Crippen molar-refractivity contribution >= 4 is 40.3 Å². The molecule has 1 heterocycles. The number of thioether (sulfide) groups is 1. The van der Waals surface area contributed by atoms with Gasteiger partial charge < -0.3 is 14.2 Å². The van der Waals surface area contributed by atoms with Crippen molar-refractivity contribution in [2.24, 2.45) is 0 Å². The third kappa shape index (κ3) is 3.51. The van der Waals surface area contributed by atoms with Gasteiger partial charge in [0.15, 0.2) is 11.5 Å². The Morgan fingerprint density at radius 3 is 2.30 bits per heavy atom. The highest BCUT2D eigenvalue weighted by Crippen LogP contribution is 2.40. The minimum absolute atomic E-state index is 0.131. The van der Waals surface area contributed by atoms with Crippen molar-refractivity contribution in [3.63, 3.8) is 0 Å². The van der Waals surface area contributed by atoms with E-state index in [4.69, 9.17) is 26.4 Å². The van der Waals surface area contributed by atoms with E-state index in [1.165, 1.54) is 16.7 Å². The molecule has 0 aliphatic carbocycles. The first kappa shape index (κ1) is 17.4. The van der Waals surface area contributed by atoms with Crippen LogP contribution in [0.1, 0.15) is 5.56 Å². The van der Waals surface area contributed by atoms with E-state index >= 15 is 0 Å². The zero-order valence-electron chi connectivity index (χ0n) is 13.1. The Hall–Kier alpha value is -1.99. The van der Waals surface area contributed by atoms with Crippen LogP contribution in [0.5, 0.6) is 17.2 Å². The SMILES string of the molecule is C=CCN1C(=O)/C(=C/c2cc(OC)c(OC)c(OC)c2)SC1=S. The molecule has 0 unspecified atom stereocenters. The van der Waals surface area contributed by atoms with E-state index < -0.39 is 0 Å². The summed E-state index contributed by atoms with van der Waals surface area (Å²) in [5.74, 6) is 1.43. The zero-order valence-corrected chi connectivity index (χ0v) is 14.8. The lowest BCUT2D eigenvalue weighted by atomic mass is 10.1. The Balaban J connectivity index is 2.41. The summed E-state index contributed by atoms with van der Waals surface area (Å²) < 4.78 is 16.4. The second-order valence-corrected chi connectivity index (χ2v) is 6.22. The lowest BCUT2D eigenvalue weighted by molar-refractivity contribution is -0.121. The highest BCUT2D eigenvalue weighted by Gasteiger charge is 2.31. The first-order chi connectivity index (χ1) is 11.0. The monoisotopic (exact) mass is 351 g/mol. The largest absolute Gasteiger partial charge is 0.493 e. The Morgan fingerprint density at radius 1 is 1.22 bits per heavy atom. The van der Waals surface area contributed by atoms with Crippen LogP contribution in [0.25, 0.3) is 6.08 Å². The Labute approximate surface area is 144 Å². The summed E-state index contributed by atoms with van der Waals surface area (Å²) in [6.45, 7) is 4.04. The van der Waals surface area contributed by atoms with Crippen molar-refractivity contribution in [1.82, 2.24) is 4.90 Å². The lowest BCUT2D eigenvalue weighted by Gasteiger charge is -2.13. The molecule has 1 amide bonds. The molecule has 7 heteroatoms. The van der Waals surface area contributed by atoms with E-state index in [0.29, 0.717) is 33.0 Å². The van der Waals surface area contributed by atoms with Crippen LogP contribution in [-0.4, -0.2) is 43.0 Å². The van der Waals surface area contributed by atoms with Gasteiger partial charge in [-0.3, -0.25) is 9.69 Å². The number of hydrogen-bond donors (Lipinski definition) is 0. The molecule has 1 aromatic rings. The molecule has 1 aromatic carbocycles. The molecule has 23 heavy (non-hydrogen) atoms. The summed E-state index contributed by atoms with van der Waals surface area (Å²) >= 11 is 6.48. The van der Waals surface area contributed by atoms with Gasteiger partial charge in [0, 0.05) is 6.54 Å². The maximum atomic E-state index is 12.4. The first-order valence-electron chi connectivity index (χ1n) is 6.72. The second-order valence-electron chi connectivity index (χ2n) is 4.54. The maximum absolute atomic E-state index is 12.4. The Morgan fingerprint density at radius 2 is 1.83 bits per heavy atom. The fraction of sp³-hybridized carbons (Fsp3) is 0.250. The Kier molecular flexibility index (Phi) is 5.68. The van der Waals surface area contributed by atoms with Gasteiger partial charge in [-0.2, -0.15) is 0 Å². The summed E-state index contributed by atoms with van der Waals surface area (Å²) in [5, 5.41) is 0. The summed E-state index contributed by atoms with van der Waals surface area (Å²) in [4.78, 5) is 14.4.